The lowest BCUT2D eigenvalue weighted by atomic mass is 10.1. The third-order valence-electron chi connectivity index (χ3n) is 3.16. The molecule has 3 N–H and O–H groups in total. The summed E-state index contributed by atoms with van der Waals surface area (Å²) in [5.41, 5.74) is 6.88. The van der Waals surface area contributed by atoms with E-state index >= 15 is 0 Å². The van der Waals surface area contributed by atoms with Crippen molar-refractivity contribution < 1.29 is 13.9 Å². The van der Waals surface area contributed by atoms with E-state index in [0.29, 0.717) is 27.1 Å². The molecule has 0 aliphatic heterocycles. The number of nitrogen functional groups attached to an aromatic ring is 1. The third kappa shape index (κ3) is 3.33. The van der Waals surface area contributed by atoms with Gasteiger partial charge in [-0.05, 0) is 30.3 Å². The number of nitrogens with one attached hydrogen (secondary N) is 1. The molecule has 2 heterocycles. The van der Waals surface area contributed by atoms with Crippen LogP contribution in [0.2, 0.25) is 0 Å². The average Bonchev–Trinajstić information content (AvgIpc) is 2.96. The van der Waals surface area contributed by atoms with Crippen LogP contribution in [0.3, 0.4) is 0 Å². The molecule has 0 amide bonds. The van der Waals surface area contributed by atoms with Gasteiger partial charge in [0.2, 0.25) is 11.7 Å². The van der Waals surface area contributed by atoms with Crippen molar-refractivity contribution in [1.29, 1.82) is 0 Å². The van der Waals surface area contributed by atoms with E-state index in [4.69, 9.17) is 10.5 Å². The number of aromatic nitrogens is 2. The first-order chi connectivity index (χ1) is 11.6. The van der Waals surface area contributed by atoms with Crippen molar-refractivity contribution in [3.8, 4) is 5.88 Å². The summed E-state index contributed by atoms with van der Waals surface area (Å²) in [5, 5.41) is 3.44. The lowest BCUT2D eigenvalue weighted by Gasteiger charge is -2.01. The normalized spacial score (nSPS) is 10.4. The zero-order chi connectivity index (χ0) is 17.1. The van der Waals surface area contributed by atoms with Gasteiger partial charge in [0.25, 0.3) is 0 Å². The van der Waals surface area contributed by atoms with Crippen molar-refractivity contribution in [2.24, 2.45) is 0 Å². The summed E-state index contributed by atoms with van der Waals surface area (Å²) in [6.07, 6.45) is 1.42. The molecule has 6 nitrogen and oxygen atoms in total. The van der Waals surface area contributed by atoms with Crippen LogP contribution >= 0.6 is 11.3 Å². The first-order valence-electron chi connectivity index (χ1n) is 6.90. The molecule has 0 aliphatic carbocycles. The number of thiazole rings is 1. The summed E-state index contributed by atoms with van der Waals surface area (Å²) >= 11 is 1.12. The minimum absolute atomic E-state index is 0.130. The fourth-order valence-corrected chi connectivity index (χ4v) is 2.84. The lowest BCUT2D eigenvalue weighted by molar-refractivity contribution is 0.104. The van der Waals surface area contributed by atoms with Crippen molar-refractivity contribution in [1.82, 2.24) is 9.97 Å². The van der Waals surface area contributed by atoms with Crippen LogP contribution in [0, 0.1) is 5.82 Å². The first kappa shape index (κ1) is 15.9. The van der Waals surface area contributed by atoms with Gasteiger partial charge in [-0.15, -0.1) is 0 Å². The van der Waals surface area contributed by atoms with E-state index in [0.717, 1.165) is 11.3 Å². The summed E-state index contributed by atoms with van der Waals surface area (Å²) in [4.78, 5) is 21.0. The zero-order valence-electron chi connectivity index (χ0n) is 12.6. The fourth-order valence-electron chi connectivity index (χ4n) is 1.97. The van der Waals surface area contributed by atoms with E-state index in [-0.39, 0.29) is 17.4 Å². The molecule has 0 spiro atoms. The second kappa shape index (κ2) is 6.63. The van der Waals surface area contributed by atoms with Gasteiger partial charge in [0.05, 0.1) is 7.11 Å². The monoisotopic (exact) mass is 344 g/mol. The highest BCUT2D eigenvalue weighted by Gasteiger charge is 2.18. The van der Waals surface area contributed by atoms with Gasteiger partial charge in [0.1, 0.15) is 16.5 Å². The molecular weight excluding hydrogens is 331 g/mol. The van der Waals surface area contributed by atoms with Gasteiger partial charge >= 0.3 is 0 Å². The number of hydrogen-bond donors (Lipinski definition) is 2. The highest BCUT2D eigenvalue weighted by Crippen LogP contribution is 2.29. The average molecular weight is 344 g/mol. The predicted octanol–water partition coefficient (Wildman–Crippen LogP) is 3.24. The molecule has 0 saturated carbocycles. The largest absolute Gasteiger partial charge is 0.481 e. The minimum Gasteiger partial charge on any atom is -0.481 e. The summed E-state index contributed by atoms with van der Waals surface area (Å²) in [6.45, 7) is 0. The molecule has 0 atom stereocenters. The molecule has 0 unspecified atom stereocenters. The van der Waals surface area contributed by atoms with Crippen molar-refractivity contribution >= 4 is 33.8 Å². The molecule has 8 heteroatoms. The second-order valence-electron chi connectivity index (χ2n) is 4.78. The Bertz CT molecular complexity index is 863. The summed E-state index contributed by atoms with van der Waals surface area (Å²) in [6, 6.07) is 9.01. The number of rotatable bonds is 5. The zero-order valence-corrected chi connectivity index (χ0v) is 13.4. The van der Waals surface area contributed by atoms with Crippen molar-refractivity contribution in [3.05, 3.63) is 58.9 Å². The van der Waals surface area contributed by atoms with E-state index in [1.807, 2.05) is 0 Å². The fraction of sp³-hybridized carbons (Fsp3) is 0.0625. The number of methoxy groups -OCH3 is 1. The number of nitrogens with zero attached hydrogens (tertiary/aromatic N) is 2. The third-order valence-corrected chi connectivity index (χ3v) is 4.15. The molecule has 3 aromatic rings. The predicted molar refractivity (Wildman–Crippen MR) is 90.4 cm³/mol. The Morgan fingerprint density at radius 1 is 1.25 bits per heavy atom. The van der Waals surface area contributed by atoms with Gasteiger partial charge in [-0.1, -0.05) is 11.3 Å². The summed E-state index contributed by atoms with van der Waals surface area (Å²) in [7, 11) is 1.50. The molecule has 0 radical (unpaired) electrons. The van der Waals surface area contributed by atoms with Crippen LogP contribution in [0.25, 0.3) is 0 Å². The minimum atomic E-state index is -0.331. The molecule has 0 saturated heterocycles. The van der Waals surface area contributed by atoms with Crippen molar-refractivity contribution in [2.75, 3.05) is 18.2 Å². The van der Waals surface area contributed by atoms with E-state index in [9.17, 15) is 9.18 Å². The van der Waals surface area contributed by atoms with Crippen molar-refractivity contribution in [3.63, 3.8) is 0 Å². The highest BCUT2D eigenvalue weighted by molar-refractivity contribution is 7.18. The Labute approximate surface area is 141 Å². The van der Waals surface area contributed by atoms with E-state index in [2.05, 4.69) is 15.3 Å². The maximum atomic E-state index is 12.9. The number of carbonyl (C=O) groups is 1. The van der Waals surface area contributed by atoms with E-state index < -0.39 is 0 Å². The maximum Gasteiger partial charge on any atom is 0.212 e. The van der Waals surface area contributed by atoms with Gasteiger partial charge < -0.3 is 15.8 Å². The van der Waals surface area contributed by atoms with Crippen LogP contribution in [0.4, 0.5) is 21.0 Å². The number of pyridine rings is 1. The van der Waals surface area contributed by atoms with Gasteiger partial charge in [0, 0.05) is 23.5 Å². The number of carbonyl (C=O) groups excluding carboxylic acids is 1. The molecule has 122 valence electrons. The van der Waals surface area contributed by atoms with Gasteiger partial charge in [-0.3, -0.25) is 4.79 Å². The smallest absolute Gasteiger partial charge is 0.212 e. The Kier molecular flexibility index (Phi) is 4.39. The summed E-state index contributed by atoms with van der Waals surface area (Å²) in [5.74, 6) is -0.0534. The van der Waals surface area contributed by atoms with Gasteiger partial charge in [0.15, 0.2) is 5.13 Å². The molecule has 24 heavy (non-hydrogen) atoms. The Hall–Kier alpha value is -3.00. The van der Waals surface area contributed by atoms with Crippen LogP contribution in [0.1, 0.15) is 15.2 Å². The summed E-state index contributed by atoms with van der Waals surface area (Å²) < 4.78 is 17.9. The number of ketones is 1. The van der Waals surface area contributed by atoms with Gasteiger partial charge in [-0.25, -0.2) is 14.4 Å². The molecule has 0 aliphatic rings. The van der Waals surface area contributed by atoms with Crippen molar-refractivity contribution in [2.45, 2.75) is 0 Å². The number of halogens is 1. The maximum absolute atomic E-state index is 12.9. The Balaban J connectivity index is 1.82. The quantitative estimate of drug-likeness (QED) is 0.691. The lowest BCUT2D eigenvalue weighted by Crippen LogP contribution is -2.03. The Morgan fingerprint density at radius 3 is 2.62 bits per heavy atom. The van der Waals surface area contributed by atoms with Crippen LogP contribution in [0.15, 0.2) is 42.6 Å². The van der Waals surface area contributed by atoms with Crippen LogP contribution in [-0.2, 0) is 0 Å². The number of benzene rings is 1. The standard InChI is InChI=1S/C16H13FN4O2S/c1-23-12-7-2-9(8-19-12)13(22)14-15(18)21-16(24-14)20-11-5-3-10(17)4-6-11/h2-8H,18H2,1H3,(H,20,21). The van der Waals surface area contributed by atoms with Crippen LogP contribution in [-0.4, -0.2) is 22.9 Å². The number of hydrogen-bond acceptors (Lipinski definition) is 7. The molecule has 1 aromatic carbocycles. The molecule has 3 rings (SSSR count). The first-order valence-corrected chi connectivity index (χ1v) is 7.72. The van der Waals surface area contributed by atoms with E-state index in [1.165, 1.54) is 25.4 Å². The topological polar surface area (TPSA) is 90.1 Å². The SMILES string of the molecule is COc1ccc(C(=O)c2sc(Nc3ccc(F)cc3)nc2N)cn1. The molecule has 0 fully saturated rings. The van der Waals surface area contributed by atoms with Gasteiger partial charge in [-0.2, -0.15) is 0 Å². The Morgan fingerprint density at radius 2 is 2.00 bits per heavy atom. The van der Waals surface area contributed by atoms with E-state index in [1.54, 1.807) is 24.3 Å². The molecule has 0 bridgehead atoms. The number of anilines is 3. The van der Waals surface area contributed by atoms with Crippen LogP contribution in [0.5, 0.6) is 5.88 Å². The second-order valence-corrected chi connectivity index (χ2v) is 5.78. The number of nitrogens with two attached hydrogens (primary N) is 1. The van der Waals surface area contributed by atoms with Crippen LogP contribution < -0.4 is 15.8 Å². The molecular formula is C16H13FN4O2S. The molecule has 2 aromatic heterocycles. The number of ether oxygens (including phenoxy) is 1. The highest BCUT2D eigenvalue weighted by atomic mass is 32.1.